The van der Waals surface area contributed by atoms with Crippen molar-refractivity contribution in [2.75, 3.05) is 0 Å². The maximum Gasteiger partial charge on any atom is 0.195 e. The average Bonchev–Trinajstić information content (AvgIpc) is 3.50. The van der Waals surface area contributed by atoms with E-state index in [4.69, 9.17) is 4.98 Å². The Morgan fingerprint density at radius 2 is 1.35 bits per heavy atom. The highest BCUT2D eigenvalue weighted by Crippen LogP contribution is 2.37. The molecule has 4 heteroatoms. The van der Waals surface area contributed by atoms with Crippen molar-refractivity contribution >= 4 is 48.9 Å². The summed E-state index contributed by atoms with van der Waals surface area (Å²) in [5.74, 6) is 1.09. The molecule has 0 saturated heterocycles. The Labute approximate surface area is 182 Å². The number of para-hydroxylation sites is 2. The van der Waals surface area contributed by atoms with Crippen LogP contribution in [0.3, 0.4) is 0 Å². The first-order valence-electron chi connectivity index (χ1n) is 10.3. The van der Waals surface area contributed by atoms with E-state index in [1.807, 2.05) is 0 Å². The maximum absolute atomic E-state index is 5.08. The van der Waals surface area contributed by atoms with Gasteiger partial charge in [0.1, 0.15) is 5.69 Å². The zero-order valence-electron chi connectivity index (χ0n) is 16.6. The summed E-state index contributed by atoms with van der Waals surface area (Å²) in [6.07, 6.45) is 2.12. The van der Waals surface area contributed by atoms with E-state index in [1.165, 1.54) is 32.6 Å². The molecule has 0 radical (unpaired) electrons. The summed E-state index contributed by atoms with van der Waals surface area (Å²) < 4.78 is 4.58. The van der Waals surface area contributed by atoms with E-state index in [0.717, 1.165) is 22.0 Å². The Morgan fingerprint density at radius 1 is 0.677 bits per heavy atom. The van der Waals surface area contributed by atoms with Crippen LogP contribution in [0, 0.1) is 0 Å². The minimum absolute atomic E-state index is 1.00. The summed E-state index contributed by atoms with van der Waals surface area (Å²) in [7, 11) is 0. The largest absolute Gasteiger partial charge is 0.293 e. The fourth-order valence-electron chi connectivity index (χ4n) is 4.67. The molecule has 0 amide bonds. The molecule has 0 N–H and O–H groups in total. The topological polar surface area (TPSA) is 22.2 Å². The molecule has 3 heterocycles. The molecule has 0 bridgehead atoms. The van der Waals surface area contributed by atoms with Crippen LogP contribution in [0.5, 0.6) is 0 Å². The molecule has 4 aromatic carbocycles. The number of hydrogen-bond acceptors (Lipinski definition) is 2. The number of benzene rings is 4. The lowest BCUT2D eigenvalue weighted by Crippen LogP contribution is -2.00. The van der Waals surface area contributed by atoms with Crippen molar-refractivity contribution in [2.45, 2.75) is 0 Å². The molecule has 0 unspecified atom stereocenters. The first-order valence-corrected chi connectivity index (χ1v) is 11.2. The normalized spacial score (nSPS) is 11.9. The van der Waals surface area contributed by atoms with Crippen molar-refractivity contribution in [3.8, 4) is 17.1 Å². The van der Waals surface area contributed by atoms with Crippen molar-refractivity contribution in [3.63, 3.8) is 0 Å². The number of thiazole rings is 1. The van der Waals surface area contributed by atoms with Crippen LogP contribution in [0.2, 0.25) is 0 Å². The van der Waals surface area contributed by atoms with E-state index in [0.29, 0.717) is 0 Å². The van der Waals surface area contributed by atoms with Gasteiger partial charge in [0.05, 0.1) is 11.0 Å². The lowest BCUT2D eigenvalue weighted by atomic mass is 10.1. The van der Waals surface area contributed by atoms with E-state index in [1.54, 1.807) is 11.3 Å². The van der Waals surface area contributed by atoms with Crippen LogP contribution >= 0.6 is 11.3 Å². The highest BCUT2D eigenvalue weighted by atomic mass is 32.1. The monoisotopic (exact) mass is 415 g/mol. The Kier molecular flexibility index (Phi) is 3.43. The Morgan fingerprint density at radius 3 is 2.13 bits per heavy atom. The van der Waals surface area contributed by atoms with Gasteiger partial charge in [-0.15, -0.1) is 11.3 Å². The molecule has 0 fully saturated rings. The van der Waals surface area contributed by atoms with E-state index in [9.17, 15) is 0 Å². The third-order valence-electron chi connectivity index (χ3n) is 6.05. The predicted molar refractivity (Wildman–Crippen MR) is 130 cm³/mol. The first kappa shape index (κ1) is 16.9. The summed E-state index contributed by atoms with van der Waals surface area (Å²) in [6.45, 7) is 0. The molecule has 146 valence electrons. The molecule has 31 heavy (non-hydrogen) atoms. The quantitative estimate of drug-likeness (QED) is 0.290. The summed E-state index contributed by atoms with van der Waals surface area (Å²) in [4.78, 5) is 6.08. The van der Waals surface area contributed by atoms with Gasteiger partial charge in [-0.1, -0.05) is 72.8 Å². The molecule has 0 aliphatic rings. The zero-order valence-corrected chi connectivity index (χ0v) is 17.4. The number of fused-ring (bicyclic) bond motifs is 5. The molecule has 0 aliphatic carbocycles. The number of imidazole rings is 1. The smallest absolute Gasteiger partial charge is 0.195 e. The van der Waals surface area contributed by atoms with Crippen LogP contribution in [0.25, 0.3) is 54.6 Å². The zero-order chi connectivity index (χ0) is 20.4. The highest BCUT2D eigenvalue weighted by molar-refractivity contribution is 7.15. The molecule has 7 rings (SSSR count). The van der Waals surface area contributed by atoms with Crippen LogP contribution in [0.1, 0.15) is 0 Å². The SMILES string of the molecule is c1ccc2cc(-c3nc4sccn4c3-n3c4ccccc4c4ccccc43)ccc2c1. The first-order chi connectivity index (χ1) is 15.4. The van der Waals surface area contributed by atoms with Crippen molar-refractivity contribution in [1.82, 2.24) is 14.0 Å². The standard InChI is InChI=1S/C27H17N3S/c1-2-8-19-17-20(14-13-18(19)7-1)25-26(29-15-16-31-27(29)28-25)30-23-11-5-3-9-21(23)22-10-4-6-12-24(22)30/h1-17H. The highest BCUT2D eigenvalue weighted by Gasteiger charge is 2.21. The minimum Gasteiger partial charge on any atom is -0.293 e. The summed E-state index contributed by atoms with van der Waals surface area (Å²) >= 11 is 1.67. The fourth-order valence-corrected chi connectivity index (χ4v) is 5.38. The van der Waals surface area contributed by atoms with Gasteiger partial charge in [-0.2, -0.15) is 0 Å². The van der Waals surface area contributed by atoms with Crippen molar-refractivity contribution in [1.29, 1.82) is 0 Å². The van der Waals surface area contributed by atoms with Crippen LogP contribution in [0.15, 0.2) is 103 Å². The van der Waals surface area contributed by atoms with E-state index >= 15 is 0 Å². The van der Waals surface area contributed by atoms with Gasteiger partial charge in [0.25, 0.3) is 0 Å². The molecular formula is C27H17N3S. The number of nitrogens with zero attached hydrogens (tertiary/aromatic N) is 3. The molecule has 0 atom stereocenters. The Hall–Kier alpha value is -3.89. The molecule has 3 aromatic heterocycles. The number of aromatic nitrogens is 3. The maximum atomic E-state index is 5.08. The van der Waals surface area contributed by atoms with Crippen LogP contribution < -0.4 is 0 Å². The molecular weight excluding hydrogens is 398 g/mol. The second kappa shape index (κ2) is 6.30. The third kappa shape index (κ3) is 2.36. The van der Waals surface area contributed by atoms with Gasteiger partial charge in [0.2, 0.25) is 0 Å². The molecule has 0 saturated carbocycles. The fraction of sp³-hybridized carbons (Fsp3) is 0. The Bertz CT molecular complexity index is 1700. The van der Waals surface area contributed by atoms with Crippen LogP contribution in [-0.4, -0.2) is 14.0 Å². The van der Waals surface area contributed by atoms with Gasteiger partial charge in [-0.25, -0.2) is 4.98 Å². The van der Waals surface area contributed by atoms with E-state index in [2.05, 4.69) is 112 Å². The second-order valence-corrected chi connectivity index (χ2v) is 8.64. The molecule has 0 aliphatic heterocycles. The Balaban J connectivity index is 1.63. The van der Waals surface area contributed by atoms with Gasteiger partial charge in [0, 0.05) is 27.9 Å². The third-order valence-corrected chi connectivity index (χ3v) is 6.81. The minimum atomic E-state index is 1.00. The molecule has 0 spiro atoms. The number of rotatable bonds is 2. The number of hydrogen-bond donors (Lipinski definition) is 0. The van der Waals surface area contributed by atoms with E-state index in [-0.39, 0.29) is 0 Å². The van der Waals surface area contributed by atoms with Gasteiger partial charge in [-0.05, 0) is 29.0 Å². The van der Waals surface area contributed by atoms with E-state index < -0.39 is 0 Å². The van der Waals surface area contributed by atoms with Crippen molar-refractivity contribution < 1.29 is 0 Å². The van der Waals surface area contributed by atoms with Gasteiger partial charge in [0.15, 0.2) is 10.8 Å². The molecule has 3 nitrogen and oxygen atoms in total. The van der Waals surface area contributed by atoms with Gasteiger partial charge >= 0.3 is 0 Å². The summed E-state index contributed by atoms with van der Waals surface area (Å²) in [6, 6.07) is 32.4. The predicted octanol–water partition coefficient (Wildman–Crippen LogP) is 7.31. The van der Waals surface area contributed by atoms with Crippen LogP contribution in [0.4, 0.5) is 0 Å². The lowest BCUT2D eigenvalue weighted by Gasteiger charge is -2.10. The van der Waals surface area contributed by atoms with Gasteiger partial charge < -0.3 is 0 Å². The van der Waals surface area contributed by atoms with Gasteiger partial charge in [-0.3, -0.25) is 8.97 Å². The lowest BCUT2D eigenvalue weighted by molar-refractivity contribution is 1.05. The summed E-state index contributed by atoms with van der Waals surface area (Å²) in [5, 5.41) is 7.08. The summed E-state index contributed by atoms with van der Waals surface area (Å²) in [5.41, 5.74) is 4.52. The van der Waals surface area contributed by atoms with Crippen LogP contribution in [-0.2, 0) is 0 Å². The average molecular weight is 416 g/mol. The molecule has 7 aromatic rings. The van der Waals surface area contributed by atoms with Crippen molar-refractivity contribution in [2.24, 2.45) is 0 Å². The van der Waals surface area contributed by atoms with Crippen molar-refractivity contribution in [3.05, 3.63) is 103 Å². The second-order valence-electron chi connectivity index (χ2n) is 7.77.